The van der Waals surface area contributed by atoms with Crippen LogP contribution >= 0.6 is 0 Å². The Kier molecular flexibility index (Phi) is 2.00. The van der Waals surface area contributed by atoms with Gasteiger partial charge in [-0.05, 0) is 31.9 Å². The van der Waals surface area contributed by atoms with Crippen LogP contribution in [-0.2, 0) is 0 Å². The first kappa shape index (κ1) is 8.57. The molecule has 70 valence electrons. The average molecular weight is 177 g/mol. The molecule has 0 bridgehead atoms. The molecule has 1 aliphatic rings. The maximum atomic E-state index is 5.79. The standard InChI is InChI=1S/C11H15NO/c1-9-2-4-10(5-3-9)13-11(8-12)6-7-11/h2-5H,6-8,12H2,1H3. The highest BCUT2D eigenvalue weighted by atomic mass is 16.5. The molecule has 1 aromatic rings. The molecular formula is C11H15NO. The molecule has 0 unspecified atom stereocenters. The molecule has 0 heterocycles. The number of aryl methyl sites for hydroxylation is 1. The van der Waals surface area contributed by atoms with Gasteiger partial charge in [-0.1, -0.05) is 17.7 Å². The van der Waals surface area contributed by atoms with E-state index in [0.717, 1.165) is 18.6 Å². The van der Waals surface area contributed by atoms with Crippen molar-refractivity contribution in [3.05, 3.63) is 29.8 Å². The van der Waals surface area contributed by atoms with E-state index in [4.69, 9.17) is 10.5 Å². The summed E-state index contributed by atoms with van der Waals surface area (Å²) in [7, 11) is 0. The van der Waals surface area contributed by atoms with E-state index < -0.39 is 0 Å². The highest BCUT2D eigenvalue weighted by Gasteiger charge is 2.44. The fraction of sp³-hybridized carbons (Fsp3) is 0.455. The molecule has 1 saturated carbocycles. The fourth-order valence-corrected chi connectivity index (χ4v) is 1.34. The predicted octanol–water partition coefficient (Wildman–Crippen LogP) is 1.87. The summed E-state index contributed by atoms with van der Waals surface area (Å²) in [6.07, 6.45) is 2.19. The van der Waals surface area contributed by atoms with E-state index in [2.05, 4.69) is 19.1 Å². The molecule has 2 rings (SSSR count). The van der Waals surface area contributed by atoms with Gasteiger partial charge in [0.1, 0.15) is 11.4 Å². The molecule has 1 fully saturated rings. The molecule has 0 aromatic heterocycles. The first-order chi connectivity index (χ1) is 6.24. The van der Waals surface area contributed by atoms with Gasteiger partial charge >= 0.3 is 0 Å². The minimum absolute atomic E-state index is 0.0325. The Morgan fingerprint density at radius 3 is 2.38 bits per heavy atom. The lowest BCUT2D eigenvalue weighted by Crippen LogP contribution is -2.28. The van der Waals surface area contributed by atoms with E-state index in [1.165, 1.54) is 5.56 Å². The van der Waals surface area contributed by atoms with Gasteiger partial charge in [-0.3, -0.25) is 0 Å². The Hall–Kier alpha value is -1.02. The van der Waals surface area contributed by atoms with Crippen molar-refractivity contribution in [2.24, 2.45) is 5.73 Å². The second-order valence-electron chi connectivity index (χ2n) is 3.80. The fourth-order valence-electron chi connectivity index (χ4n) is 1.34. The molecule has 0 atom stereocenters. The SMILES string of the molecule is Cc1ccc(OC2(CN)CC2)cc1. The zero-order valence-corrected chi connectivity index (χ0v) is 7.92. The number of ether oxygens (including phenoxy) is 1. The van der Waals surface area contributed by atoms with Crippen LogP contribution in [0.3, 0.4) is 0 Å². The summed E-state index contributed by atoms with van der Waals surface area (Å²) >= 11 is 0. The molecule has 1 aromatic carbocycles. The number of hydrogen-bond acceptors (Lipinski definition) is 2. The Balaban J connectivity index is 2.06. The van der Waals surface area contributed by atoms with Gasteiger partial charge in [-0.2, -0.15) is 0 Å². The van der Waals surface area contributed by atoms with E-state index in [1.54, 1.807) is 0 Å². The number of hydrogen-bond donors (Lipinski definition) is 1. The van der Waals surface area contributed by atoms with Crippen molar-refractivity contribution in [1.29, 1.82) is 0 Å². The van der Waals surface area contributed by atoms with Crippen molar-refractivity contribution in [2.45, 2.75) is 25.4 Å². The molecule has 0 saturated heterocycles. The van der Waals surface area contributed by atoms with E-state index in [9.17, 15) is 0 Å². The normalized spacial score (nSPS) is 18.3. The lowest BCUT2D eigenvalue weighted by atomic mass is 10.2. The van der Waals surface area contributed by atoms with Gasteiger partial charge in [0.25, 0.3) is 0 Å². The maximum absolute atomic E-state index is 5.79. The van der Waals surface area contributed by atoms with Crippen LogP contribution in [0.25, 0.3) is 0 Å². The van der Waals surface area contributed by atoms with Crippen LogP contribution in [0.5, 0.6) is 5.75 Å². The van der Waals surface area contributed by atoms with Crippen LogP contribution < -0.4 is 10.5 Å². The molecule has 2 heteroatoms. The van der Waals surface area contributed by atoms with Crippen molar-refractivity contribution >= 4 is 0 Å². The minimum atomic E-state index is -0.0325. The quantitative estimate of drug-likeness (QED) is 0.765. The summed E-state index contributed by atoms with van der Waals surface area (Å²) in [5.74, 6) is 0.938. The second-order valence-corrected chi connectivity index (χ2v) is 3.80. The van der Waals surface area contributed by atoms with E-state index >= 15 is 0 Å². The first-order valence-electron chi connectivity index (χ1n) is 4.70. The van der Waals surface area contributed by atoms with Crippen molar-refractivity contribution < 1.29 is 4.74 Å². The topological polar surface area (TPSA) is 35.2 Å². The lowest BCUT2D eigenvalue weighted by Gasteiger charge is -2.15. The monoisotopic (exact) mass is 177 g/mol. The molecule has 0 radical (unpaired) electrons. The molecule has 2 N–H and O–H groups in total. The molecule has 1 aliphatic carbocycles. The van der Waals surface area contributed by atoms with Gasteiger partial charge in [-0.15, -0.1) is 0 Å². The van der Waals surface area contributed by atoms with Crippen molar-refractivity contribution in [2.75, 3.05) is 6.54 Å². The second kappa shape index (κ2) is 3.04. The van der Waals surface area contributed by atoms with Crippen LogP contribution in [-0.4, -0.2) is 12.1 Å². The summed E-state index contributed by atoms with van der Waals surface area (Å²) in [6.45, 7) is 2.69. The maximum Gasteiger partial charge on any atom is 0.121 e. The summed E-state index contributed by atoms with van der Waals surface area (Å²) < 4.78 is 5.79. The van der Waals surface area contributed by atoms with Gasteiger partial charge in [-0.25, -0.2) is 0 Å². The summed E-state index contributed by atoms with van der Waals surface area (Å²) in [5, 5.41) is 0. The van der Waals surface area contributed by atoms with Gasteiger partial charge in [0.15, 0.2) is 0 Å². The van der Waals surface area contributed by atoms with Crippen molar-refractivity contribution in [3.63, 3.8) is 0 Å². The van der Waals surface area contributed by atoms with Crippen LogP contribution in [0.1, 0.15) is 18.4 Å². The Labute approximate surface area is 78.7 Å². The van der Waals surface area contributed by atoms with Crippen molar-refractivity contribution in [3.8, 4) is 5.75 Å². The third kappa shape index (κ3) is 1.83. The zero-order valence-electron chi connectivity index (χ0n) is 7.92. The van der Waals surface area contributed by atoms with E-state index in [1.807, 2.05) is 12.1 Å². The summed E-state index contributed by atoms with van der Waals surface area (Å²) in [6, 6.07) is 8.12. The highest BCUT2D eigenvalue weighted by Crippen LogP contribution is 2.39. The Morgan fingerprint density at radius 2 is 1.92 bits per heavy atom. The third-order valence-electron chi connectivity index (χ3n) is 2.54. The molecule has 13 heavy (non-hydrogen) atoms. The summed E-state index contributed by atoms with van der Waals surface area (Å²) in [5.41, 5.74) is 6.84. The first-order valence-corrected chi connectivity index (χ1v) is 4.70. The highest BCUT2D eigenvalue weighted by molar-refractivity contribution is 5.27. The largest absolute Gasteiger partial charge is 0.486 e. The molecule has 2 nitrogen and oxygen atoms in total. The molecular weight excluding hydrogens is 162 g/mol. The van der Waals surface area contributed by atoms with Gasteiger partial charge in [0.2, 0.25) is 0 Å². The number of rotatable bonds is 3. The van der Waals surface area contributed by atoms with Gasteiger partial charge in [0, 0.05) is 6.54 Å². The van der Waals surface area contributed by atoms with Crippen molar-refractivity contribution in [1.82, 2.24) is 0 Å². The van der Waals surface area contributed by atoms with Crippen LogP contribution in [0.4, 0.5) is 0 Å². The molecule has 0 amide bonds. The Morgan fingerprint density at radius 1 is 1.31 bits per heavy atom. The molecule has 0 aliphatic heterocycles. The van der Waals surface area contributed by atoms with Crippen LogP contribution in [0.2, 0.25) is 0 Å². The van der Waals surface area contributed by atoms with E-state index in [-0.39, 0.29) is 5.60 Å². The minimum Gasteiger partial charge on any atom is -0.486 e. The average Bonchev–Trinajstić information content (AvgIpc) is 2.90. The zero-order chi connectivity index (χ0) is 9.31. The van der Waals surface area contributed by atoms with Crippen LogP contribution in [0, 0.1) is 6.92 Å². The van der Waals surface area contributed by atoms with E-state index in [0.29, 0.717) is 6.54 Å². The van der Waals surface area contributed by atoms with Gasteiger partial charge in [0.05, 0.1) is 0 Å². The number of benzene rings is 1. The Bertz CT molecular complexity index is 287. The number of nitrogens with two attached hydrogens (primary N) is 1. The summed E-state index contributed by atoms with van der Waals surface area (Å²) in [4.78, 5) is 0. The van der Waals surface area contributed by atoms with Gasteiger partial charge < -0.3 is 10.5 Å². The van der Waals surface area contributed by atoms with Crippen LogP contribution in [0.15, 0.2) is 24.3 Å². The molecule has 0 spiro atoms. The predicted molar refractivity (Wildman–Crippen MR) is 52.8 cm³/mol. The smallest absolute Gasteiger partial charge is 0.121 e. The third-order valence-corrected chi connectivity index (χ3v) is 2.54. The lowest BCUT2D eigenvalue weighted by molar-refractivity contribution is 0.187.